The Bertz CT molecular complexity index is 1180. The molecule has 4 rings (SSSR count). The molecule has 1 heterocycles. The van der Waals surface area contributed by atoms with E-state index < -0.39 is 23.4 Å². The number of rotatable bonds is 4. The van der Waals surface area contributed by atoms with Gasteiger partial charge in [0.2, 0.25) is 5.76 Å². The third kappa shape index (κ3) is 4.03. The lowest BCUT2D eigenvalue weighted by atomic mass is 10.1. The second-order valence-electron chi connectivity index (χ2n) is 6.99. The maximum atomic E-state index is 12.4. The largest absolute Gasteiger partial charge is 0.449 e. The van der Waals surface area contributed by atoms with Crippen LogP contribution in [-0.2, 0) is 22.4 Å². The number of fused-ring (bicyclic) bond motifs is 2. The molecule has 1 aliphatic rings. The highest BCUT2D eigenvalue weighted by Gasteiger charge is 2.22. The number of halogens is 1. The highest BCUT2D eigenvalue weighted by Crippen LogP contribution is 2.25. The fourth-order valence-corrected chi connectivity index (χ4v) is 3.57. The maximum absolute atomic E-state index is 12.4. The van der Waals surface area contributed by atoms with Gasteiger partial charge >= 0.3 is 5.97 Å². The summed E-state index contributed by atoms with van der Waals surface area (Å²) in [6.07, 6.45) is 2.10. The molecular formula is C22H18ClNO5. The van der Waals surface area contributed by atoms with Crippen molar-refractivity contribution >= 4 is 40.1 Å². The number of ether oxygens (including phenoxy) is 1. The van der Waals surface area contributed by atoms with E-state index in [4.69, 9.17) is 20.8 Å². The first-order chi connectivity index (χ1) is 13.9. The van der Waals surface area contributed by atoms with E-state index in [2.05, 4.69) is 5.32 Å². The molecule has 0 saturated carbocycles. The van der Waals surface area contributed by atoms with E-state index in [1.54, 1.807) is 6.07 Å². The van der Waals surface area contributed by atoms with Gasteiger partial charge in [-0.2, -0.15) is 0 Å². The first kappa shape index (κ1) is 19.2. The lowest BCUT2D eigenvalue weighted by Crippen LogP contribution is -2.30. The summed E-state index contributed by atoms with van der Waals surface area (Å²) in [5, 5.41) is 3.40. The van der Waals surface area contributed by atoms with Crippen molar-refractivity contribution in [3.8, 4) is 0 Å². The number of hydrogen-bond acceptors (Lipinski definition) is 5. The molecule has 1 amide bonds. The summed E-state index contributed by atoms with van der Waals surface area (Å²) in [4.78, 5) is 37.0. The Morgan fingerprint density at radius 2 is 1.90 bits per heavy atom. The summed E-state index contributed by atoms with van der Waals surface area (Å²) in [6, 6.07) is 11.3. The third-order valence-corrected chi connectivity index (χ3v) is 5.14. The molecule has 2 aromatic carbocycles. The molecule has 1 aromatic heterocycles. The van der Waals surface area contributed by atoms with E-state index in [0.717, 1.165) is 25.3 Å². The highest BCUT2D eigenvalue weighted by atomic mass is 35.5. The molecule has 0 radical (unpaired) electrons. The molecule has 0 spiro atoms. The van der Waals surface area contributed by atoms with Crippen LogP contribution < -0.4 is 10.7 Å². The summed E-state index contributed by atoms with van der Waals surface area (Å²) in [6.45, 7) is 1.46. The quantitative estimate of drug-likeness (QED) is 0.653. The van der Waals surface area contributed by atoms with Crippen LogP contribution in [0.4, 0.5) is 5.69 Å². The monoisotopic (exact) mass is 411 g/mol. The van der Waals surface area contributed by atoms with Gasteiger partial charge in [0.15, 0.2) is 11.5 Å². The van der Waals surface area contributed by atoms with Crippen LogP contribution in [0.3, 0.4) is 0 Å². The molecule has 29 heavy (non-hydrogen) atoms. The van der Waals surface area contributed by atoms with Crippen LogP contribution >= 0.6 is 11.6 Å². The van der Waals surface area contributed by atoms with Gasteiger partial charge in [0.1, 0.15) is 5.58 Å². The van der Waals surface area contributed by atoms with E-state index in [0.29, 0.717) is 10.7 Å². The lowest BCUT2D eigenvalue weighted by molar-refractivity contribution is -0.123. The Kier molecular flexibility index (Phi) is 5.11. The zero-order chi connectivity index (χ0) is 20.5. The minimum absolute atomic E-state index is 0.212. The number of anilines is 1. The first-order valence-electron chi connectivity index (χ1n) is 9.28. The van der Waals surface area contributed by atoms with Crippen molar-refractivity contribution in [2.45, 2.75) is 32.3 Å². The van der Waals surface area contributed by atoms with Crippen LogP contribution in [-0.4, -0.2) is 18.0 Å². The summed E-state index contributed by atoms with van der Waals surface area (Å²) in [5.41, 5.74) is 2.98. The van der Waals surface area contributed by atoms with Gasteiger partial charge in [-0.25, -0.2) is 4.79 Å². The van der Waals surface area contributed by atoms with Crippen LogP contribution in [0, 0.1) is 0 Å². The molecule has 3 aromatic rings. The normalized spacial score (nSPS) is 13.7. The van der Waals surface area contributed by atoms with Gasteiger partial charge in [-0.1, -0.05) is 17.7 Å². The molecule has 1 aliphatic carbocycles. The van der Waals surface area contributed by atoms with Gasteiger partial charge in [0, 0.05) is 16.8 Å². The smallest absolute Gasteiger partial charge is 0.375 e. The standard InChI is InChI=1S/C22H18ClNO5/c1-12(21(26)24-16-7-5-13-3-2-4-14(13)9-16)28-22(27)20-11-18(25)17-10-15(23)6-8-19(17)29-20/h5-12H,2-4H2,1H3,(H,24,26)/t12-/m1/s1. The average molecular weight is 412 g/mol. The van der Waals surface area contributed by atoms with Crippen molar-refractivity contribution in [2.24, 2.45) is 0 Å². The van der Waals surface area contributed by atoms with Gasteiger partial charge in [0.25, 0.3) is 5.91 Å². The van der Waals surface area contributed by atoms with Crippen molar-refractivity contribution in [3.05, 3.63) is 74.6 Å². The molecule has 6 nitrogen and oxygen atoms in total. The number of esters is 1. The predicted molar refractivity (Wildman–Crippen MR) is 109 cm³/mol. The highest BCUT2D eigenvalue weighted by molar-refractivity contribution is 6.31. The predicted octanol–water partition coefficient (Wildman–Crippen LogP) is 4.12. The Morgan fingerprint density at radius 1 is 1.10 bits per heavy atom. The van der Waals surface area contributed by atoms with Gasteiger partial charge in [-0.3, -0.25) is 9.59 Å². The molecule has 0 aliphatic heterocycles. The fourth-order valence-electron chi connectivity index (χ4n) is 3.39. The van der Waals surface area contributed by atoms with Crippen LogP contribution in [0.25, 0.3) is 11.0 Å². The zero-order valence-corrected chi connectivity index (χ0v) is 16.4. The maximum Gasteiger partial charge on any atom is 0.375 e. The van der Waals surface area contributed by atoms with E-state index in [1.165, 1.54) is 30.2 Å². The van der Waals surface area contributed by atoms with Crippen molar-refractivity contribution < 1.29 is 18.7 Å². The Labute approximate surface area is 171 Å². The molecule has 0 fully saturated rings. The van der Waals surface area contributed by atoms with E-state index in [9.17, 15) is 14.4 Å². The number of hydrogen-bond donors (Lipinski definition) is 1. The average Bonchev–Trinajstić information content (AvgIpc) is 3.16. The fraction of sp³-hybridized carbons (Fsp3) is 0.227. The number of benzene rings is 2. The molecule has 0 bridgehead atoms. The Morgan fingerprint density at radius 3 is 2.72 bits per heavy atom. The van der Waals surface area contributed by atoms with Crippen LogP contribution in [0.2, 0.25) is 5.02 Å². The van der Waals surface area contributed by atoms with E-state index >= 15 is 0 Å². The first-order valence-corrected chi connectivity index (χ1v) is 9.65. The van der Waals surface area contributed by atoms with Crippen LogP contribution in [0.5, 0.6) is 0 Å². The van der Waals surface area contributed by atoms with Crippen molar-refractivity contribution in [1.29, 1.82) is 0 Å². The molecule has 7 heteroatoms. The molecule has 148 valence electrons. The molecular weight excluding hydrogens is 394 g/mol. The molecule has 1 N–H and O–H groups in total. The number of carbonyl (C=O) groups excluding carboxylic acids is 2. The zero-order valence-electron chi connectivity index (χ0n) is 15.7. The van der Waals surface area contributed by atoms with Crippen LogP contribution in [0.15, 0.2) is 51.7 Å². The van der Waals surface area contributed by atoms with Crippen molar-refractivity contribution in [1.82, 2.24) is 0 Å². The molecule has 0 unspecified atom stereocenters. The van der Waals surface area contributed by atoms with Gasteiger partial charge in [0.05, 0.1) is 5.39 Å². The minimum Gasteiger partial charge on any atom is -0.449 e. The minimum atomic E-state index is -1.07. The van der Waals surface area contributed by atoms with Crippen molar-refractivity contribution in [2.75, 3.05) is 5.32 Å². The number of nitrogens with one attached hydrogen (secondary N) is 1. The Hall–Kier alpha value is -3.12. The second kappa shape index (κ2) is 7.72. The topological polar surface area (TPSA) is 85.6 Å². The lowest BCUT2D eigenvalue weighted by Gasteiger charge is -2.14. The van der Waals surface area contributed by atoms with Gasteiger partial charge in [-0.15, -0.1) is 0 Å². The molecule has 1 atom stereocenters. The van der Waals surface area contributed by atoms with E-state index in [1.807, 2.05) is 18.2 Å². The Balaban J connectivity index is 1.46. The van der Waals surface area contributed by atoms with Gasteiger partial charge < -0.3 is 14.5 Å². The summed E-state index contributed by atoms with van der Waals surface area (Å²) in [7, 11) is 0. The molecule has 0 saturated heterocycles. The van der Waals surface area contributed by atoms with E-state index in [-0.39, 0.29) is 16.7 Å². The van der Waals surface area contributed by atoms with Crippen LogP contribution in [0.1, 0.15) is 35.0 Å². The number of amides is 1. The summed E-state index contributed by atoms with van der Waals surface area (Å²) in [5.74, 6) is -1.64. The summed E-state index contributed by atoms with van der Waals surface area (Å²) < 4.78 is 10.6. The summed E-state index contributed by atoms with van der Waals surface area (Å²) >= 11 is 5.88. The number of aryl methyl sites for hydroxylation is 2. The SMILES string of the molecule is C[C@@H](OC(=O)c1cc(=O)c2cc(Cl)ccc2o1)C(=O)Nc1ccc2c(c1)CCC2. The number of carbonyl (C=O) groups is 2. The van der Waals surface area contributed by atoms with Crippen molar-refractivity contribution in [3.63, 3.8) is 0 Å². The second-order valence-corrected chi connectivity index (χ2v) is 7.43. The van der Waals surface area contributed by atoms with Gasteiger partial charge in [-0.05, 0) is 67.6 Å². The third-order valence-electron chi connectivity index (χ3n) is 4.91.